The molecule has 0 saturated heterocycles. The third-order valence-electron chi connectivity index (χ3n) is 8.00. The summed E-state index contributed by atoms with van der Waals surface area (Å²) in [4.78, 5) is 4.69. The van der Waals surface area contributed by atoms with Gasteiger partial charge in [0, 0.05) is 37.4 Å². The van der Waals surface area contributed by atoms with Crippen LogP contribution in [-0.4, -0.2) is 57.0 Å². The van der Waals surface area contributed by atoms with Crippen LogP contribution >= 0.6 is 0 Å². The van der Waals surface area contributed by atoms with E-state index in [4.69, 9.17) is 14.2 Å². The maximum Gasteiger partial charge on any atom is 0.162 e. The van der Waals surface area contributed by atoms with Gasteiger partial charge >= 0.3 is 0 Å². The van der Waals surface area contributed by atoms with Crippen LogP contribution in [-0.2, 0) is 19.4 Å². The van der Waals surface area contributed by atoms with Gasteiger partial charge in [-0.25, -0.2) is 0 Å². The minimum atomic E-state index is 0.343. The Hall–Kier alpha value is -3.38. The summed E-state index contributed by atoms with van der Waals surface area (Å²) in [6.45, 7) is 9.80. The number of hydrogen-bond donors (Lipinski definition) is 1. The van der Waals surface area contributed by atoms with E-state index in [1.165, 1.54) is 27.9 Å². The molecular weight excluding hydrogens is 488 g/mol. The second-order valence-electron chi connectivity index (χ2n) is 10.7. The van der Waals surface area contributed by atoms with E-state index >= 15 is 0 Å². The van der Waals surface area contributed by atoms with Gasteiger partial charge in [-0.3, -0.25) is 0 Å². The monoisotopic (exact) mass is 532 g/mol. The van der Waals surface area contributed by atoms with Crippen molar-refractivity contribution in [3.05, 3.63) is 76.9 Å². The number of phenolic OH excluding ortho intramolecular Hbond substituents is 1. The van der Waals surface area contributed by atoms with Crippen molar-refractivity contribution in [1.82, 2.24) is 4.90 Å². The van der Waals surface area contributed by atoms with Crippen molar-refractivity contribution in [2.24, 2.45) is 0 Å². The Morgan fingerprint density at radius 3 is 2.33 bits per heavy atom. The lowest BCUT2D eigenvalue weighted by atomic mass is 9.79. The minimum Gasteiger partial charge on any atom is -0.508 e. The molecule has 0 amide bonds. The molecule has 0 spiro atoms. The number of likely N-dealkylation sites (N-methyl/N-ethyl adjacent to an activating group) is 1. The molecule has 0 radical (unpaired) electrons. The van der Waals surface area contributed by atoms with Crippen molar-refractivity contribution in [1.29, 1.82) is 0 Å². The third kappa shape index (κ3) is 6.99. The maximum absolute atomic E-state index is 9.94. The molecule has 210 valence electrons. The Morgan fingerprint density at radius 1 is 0.949 bits per heavy atom. The summed E-state index contributed by atoms with van der Waals surface area (Å²) in [7, 11) is 5.51. The highest BCUT2D eigenvalue weighted by Gasteiger charge is 2.26. The van der Waals surface area contributed by atoms with Gasteiger partial charge in [0.15, 0.2) is 11.5 Å². The van der Waals surface area contributed by atoms with Crippen LogP contribution in [0.1, 0.15) is 55.4 Å². The molecule has 0 bridgehead atoms. The van der Waals surface area contributed by atoms with Gasteiger partial charge in [-0.05, 0) is 106 Å². The van der Waals surface area contributed by atoms with Gasteiger partial charge in [0.25, 0.3) is 0 Å². The molecule has 1 aliphatic carbocycles. The van der Waals surface area contributed by atoms with Gasteiger partial charge in [0.1, 0.15) is 18.1 Å². The van der Waals surface area contributed by atoms with Crippen molar-refractivity contribution in [3.8, 4) is 23.0 Å². The molecule has 3 aromatic carbocycles. The van der Waals surface area contributed by atoms with Crippen LogP contribution < -0.4 is 19.1 Å². The first-order valence-electron chi connectivity index (χ1n) is 14.1. The van der Waals surface area contributed by atoms with Gasteiger partial charge in [-0.15, -0.1) is 0 Å². The number of hydrogen-bond acceptors (Lipinski definition) is 6. The number of aryl methyl sites for hydroxylation is 1. The lowest BCUT2D eigenvalue weighted by molar-refractivity contribution is 0.208. The molecule has 6 nitrogen and oxygen atoms in total. The molecule has 39 heavy (non-hydrogen) atoms. The normalized spacial score (nSPS) is 14.8. The summed E-state index contributed by atoms with van der Waals surface area (Å²) in [6.07, 6.45) is 2.91. The average molecular weight is 533 g/mol. The van der Waals surface area contributed by atoms with Crippen molar-refractivity contribution in [2.45, 2.75) is 58.5 Å². The molecule has 0 unspecified atom stereocenters. The second kappa shape index (κ2) is 13.1. The van der Waals surface area contributed by atoms with E-state index in [1.807, 2.05) is 6.07 Å². The molecule has 0 fully saturated rings. The maximum atomic E-state index is 9.94. The van der Waals surface area contributed by atoms with E-state index in [0.717, 1.165) is 56.1 Å². The van der Waals surface area contributed by atoms with Crippen LogP contribution in [0.4, 0.5) is 5.69 Å². The number of fused-ring (bicyclic) bond motifs is 1. The molecule has 0 heterocycles. The number of anilines is 1. The van der Waals surface area contributed by atoms with E-state index in [0.29, 0.717) is 24.3 Å². The predicted octanol–water partition coefficient (Wildman–Crippen LogP) is 6.43. The number of methoxy groups -OCH3 is 2. The van der Waals surface area contributed by atoms with Crippen molar-refractivity contribution in [3.63, 3.8) is 0 Å². The van der Waals surface area contributed by atoms with Crippen LogP contribution in [0.15, 0.2) is 54.6 Å². The number of rotatable bonds is 12. The molecule has 6 heteroatoms. The standard InChI is InChI=1S/C33H44N2O4/c1-7-35(22-24-8-14-29(15-9-24)39-17-16-34(4)23(2)3)31-21-33(38-6)32(37-5)20-30(31)27-11-10-26-19-28(36)13-12-25(26)18-27/h8-9,12-15,19-21,23,27,36H,7,10-11,16-18,22H2,1-6H3/t27-/m1/s1. The van der Waals surface area contributed by atoms with E-state index in [9.17, 15) is 5.11 Å². The Labute approximate surface area is 234 Å². The summed E-state index contributed by atoms with van der Waals surface area (Å²) in [6, 6.07) is 19.0. The molecular formula is C33H44N2O4. The van der Waals surface area contributed by atoms with Gasteiger partial charge < -0.3 is 29.1 Å². The number of nitrogens with zero attached hydrogens (tertiary/aromatic N) is 2. The first-order valence-corrected chi connectivity index (χ1v) is 14.1. The minimum absolute atomic E-state index is 0.343. The quantitative estimate of drug-likeness (QED) is 0.290. The van der Waals surface area contributed by atoms with Crippen molar-refractivity contribution >= 4 is 5.69 Å². The van der Waals surface area contributed by atoms with Crippen LogP contribution in [0.5, 0.6) is 23.0 Å². The zero-order chi connectivity index (χ0) is 27.9. The third-order valence-corrected chi connectivity index (χ3v) is 8.00. The zero-order valence-electron chi connectivity index (χ0n) is 24.4. The highest BCUT2D eigenvalue weighted by molar-refractivity contribution is 5.64. The topological polar surface area (TPSA) is 54.4 Å². The fourth-order valence-electron chi connectivity index (χ4n) is 5.34. The Balaban J connectivity index is 1.55. The molecule has 0 aromatic heterocycles. The van der Waals surface area contributed by atoms with Crippen molar-refractivity contribution < 1.29 is 19.3 Å². The van der Waals surface area contributed by atoms with Gasteiger partial charge in [0.05, 0.1) is 14.2 Å². The summed E-state index contributed by atoms with van der Waals surface area (Å²) in [5, 5.41) is 9.94. The first-order chi connectivity index (χ1) is 18.8. The Morgan fingerprint density at radius 2 is 1.67 bits per heavy atom. The molecule has 1 atom stereocenters. The lowest BCUT2D eigenvalue weighted by Gasteiger charge is -2.32. The van der Waals surface area contributed by atoms with Crippen LogP contribution in [0.25, 0.3) is 0 Å². The number of benzene rings is 3. The molecule has 0 saturated carbocycles. The summed E-state index contributed by atoms with van der Waals surface area (Å²) < 4.78 is 17.4. The van der Waals surface area contributed by atoms with E-state index in [-0.39, 0.29) is 0 Å². The smallest absolute Gasteiger partial charge is 0.162 e. The molecule has 1 aliphatic rings. The largest absolute Gasteiger partial charge is 0.508 e. The first kappa shape index (κ1) is 28.6. The summed E-state index contributed by atoms with van der Waals surface area (Å²) >= 11 is 0. The molecule has 1 N–H and O–H groups in total. The summed E-state index contributed by atoms with van der Waals surface area (Å²) in [5.74, 6) is 3.10. The van der Waals surface area contributed by atoms with Crippen molar-refractivity contribution in [2.75, 3.05) is 45.9 Å². The van der Waals surface area contributed by atoms with Gasteiger partial charge in [-0.1, -0.05) is 18.2 Å². The number of ether oxygens (including phenoxy) is 3. The fourth-order valence-corrected chi connectivity index (χ4v) is 5.34. The lowest BCUT2D eigenvalue weighted by Crippen LogP contribution is -2.30. The fraction of sp³-hybridized carbons (Fsp3) is 0.455. The Kier molecular flexibility index (Phi) is 9.63. The van der Waals surface area contributed by atoms with E-state index < -0.39 is 0 Å². The number of aromatic hydroxyl groups is 1. The highest BCUT2D eigenvalue weighted by Crippen LogP contribution is 2.43. The second-order valence-corrected chi connectivity index (χ2v) is 10.7. The molecule has 3 aromatic rings. The van der Waals surface area contributed by atoms with Gasteiger partial charge in [0.2, 0.25) is 0 Å². The zero-order valence-corrected chi connectivity index (χ0v) is 24.4. The highest BCUT2D eigenvalue weighted by atomic mass is 16.5. The predicted molar refractivity (Wildman–Crippen MR) is 159 cm³/mol. The van der Waals surface area contributed by atoms with Gasteiger partial charge in [-0.2, -0.15) is 0 Å². The molecule has 4 rings (SSSR count). The molecule has 0 aliphatic heterocycles. The van der Waals surface area contributed by atoms with E-state index in [2.05, 4.69) is 80.1 Å². The van der Waals surface area contributed by atoms with E-state index in [1.54, 1.807) is 20.3 Å². The summed E-state index contributed by atoms with van der Waals surface area (Å²) in [5.41, 5.74) is 6.25. The van der Waals surface area contributed by atoms with Crippen LogP contribution in [0.3, 0.4) is 0 Å². The van der Waals surface area contributed by atoms with Crippen LogP contribution in [0, 0.1) is 0 Å². The SMILES string of the molecule is CCN(Cc1ccc(OCCN(C)C(C)C)cc1)c1cc(OC)c(OC)cc1[C@@H]1CCc2cc(O)ccc2C1. The van der Waals surface area contributed by atoms with Crippen LogP contribution in [0.2, 0.25) is 0 Å². The number of phenols is 1. The Bertz CT molecular complexity index is 1230. The average Bonchev–Trinajstić information content (AvgIpc) is 2.95.